The summed E-state index contributed by atoms with van der Waals surface area (Å²) in [5, 5.41) is 25.9. The topological polar surface area (TPSA) is 223 Å². The molecule has 260 valence electrons. The fourth-order valence-electron chi connectivity index (χ4n) is 4.36. The van der Waals surface area contributed by atoms with E-state index in [9.17, 15) is 33.9 Å². The van der Waals surface area contributed by atoms with Gasteiger partial charge in [0.25, 0.3) is 0 Å². The van der Waals surface area contributed by atoms with Crippen LogP contribution in [0.4, 0.5) is 0 Å². The van der Waals surface area contributed by atoms with Crippen LogP contribution in [0.3, 0.4) is 0 Å². The summed E-state index contributed by atoms with van der Waals surface area (Å²) in [6, 6.07) is -1.60. The number of amides is 3. The number of ether oxygens (including phenoxy) is 2. The largest absolute Gasteiger partial charge is 0.481 e. The molecule has 7 N–H and O–H groups in total. The lowest BCUT2D eigenvalue weighted by atomic mass is 10.0. The summed E-state index contributed by atoms with van der Waals surface area (Å²) in [6.07, 6.45) is 12.9. The van der Waals surface area contributed by atoms with Crippen molar-refractivity contribution in [2.75, 3.05) is 39.5 Å². The molecule has 0 saturated carbocycles. The molecule has 0 aromatic carbocycles. The van der Waals surface area contributed by atoms with Gasteiger partial charge in [0, 0.05) is 32.4 Å². The highest BCUT2D eigenvalue weighted by Crippen LogP contribution is 2.12. The zero-order chi connectivity index (χ0) is 33.5. The zero-order valence-electron chi connectivity index (χ0n) is 26.7. The van der Waals surface area contributed by atoms with Crippen LogP contribution in [0, 0.1) is 0 Å². The lowest BCUT2D eigenvalue weighted by molar-refractivity contribution is -0.142. The van der Waals surface area contributed by atoms with Crippen molar-refractivity contribution in [3.8, 4) is 0 Å². The SMILES string of the molecule is N[C@H](C=O)CCCCNC(=O)COCCOCCNC(=O)CC[C@H](NC(=O)CCCCCCCCCCCCC(=O)O)C(=O)O. The third kappa shape index (κ3) is 29.4. The third-order valence-electron chi connectivity index (χ3n) is 6.97. The van der Waals surface area contributed by atoms with E-state index in [0.717, 1.165) is 70.6 Å². The molecule has 0 saturated heterocycles. The van der Waals surface area contributed by atoms with Gasteiger partial charge in [-0.3, -0.25) is 19.2 Å². The lowest BCUT2D eigenvalue weighted by Gasteiger charge is -2.14. The molecule has 0 heterocycles. The molecule has 0 aliphatic carbocycles. The van der Waals surface area contributed by atoms with Gasteiger partial charge in [-0.2, -0.15) is 0 Å². The van der Waals surface area contributed by atoms with E-state index in [0.29, 0.717) is 25.7 Å². The number of hydrogen-bond acceptors (Lipinski definition) is 9. The molecule has 0 aromatic rings. The third-order valence-corrected chi connectivity index (χ3v) is 6.97. The van der Waals surface area contributed by atoms with Crippen molar-refractivity contribution in [1.29, 1.82) is 0 Å². The molecular formula is C31H56N4O10. The summed E-state index contributed by atoms with van der Waals surface area (Å²) in [5.41, 5.74) is 5.50. The minimum atomic E-state index is -1.18. The second-order valence-electron chi connectivity index (χ2n) is 11.1. The lowest BCUT2D eigenvalue weighted by Crippen LogP contribution is -2.41. The van der Waals surface area contributed by atoms with E-state index in [4.69, 9.17) is 20.3 Å². The van der Waals surface area contributed by atoms with Gasteiger partial charge in [-0.25, -0.2) is 4.79 Å². The van der Waals surface area contributed by atoms with Crippen LogP contribution in [0.15, 0.2) is 0 Å². The van der Waals surface area contributed by atoms with Crippen LogP contribution < -0.4 is 21.7 Å². The summed E-state index contributed by atoms with van der Waals surface area (Å²) in [4.78, 5) is 68.4. The molecule has 14 nitrogen and oxygen atoms in total. The Labute approximate surface area is 266 Å². The maximum atomic E-state index is 12.2. The van der Waals surface area contributed by atoms with Crippen molar-refractivity contribution in [1.82, 2.24) is 16.0 Å². The number of hydrogen-bond donors (Lipinski definition) is 6. The molecule has 0 rings (SSSR count). The minimum Gasteiger partial charge on any atom is -0.481 e. The first-order chi connectivity index (χ1) is 21.6. The Morgan fingerprint density at radius 3 is 1.80 bits per heavy atom. The number of aliphatic carboxylic acids is 2. The van der Waals surface area contributed by atoms with Crippen LogP contribution in [0.5, 0.6) is 0 Å². The van der Waals surface area contributed by atoms with Crippen molar-refractivity contribution in [2.45, 2.75) is 121 Å². The highest BCUT2D eigenvalue weighted by atomic mass is 16.5. The molecule has 3 amide bonds. The Bertz CT molecular complexity index is 843. The number of carboxylic acids is 2. The zero-order valence-corrected chi connectivity index (χ0v) is 26.7. The Kier molecular flexibility index (Phi) is 27.6. The number of carbonyl (C=O) groups is 6. The Morgan fingerprint density at radius 2 is 1.20 bits per heavy atom. The van der Waals surface area contributed by atoms with Gasteiger partial charge in [0.05, 0.1) is 25.9 Å². The first-order valence-corrected chi connectivity index (χ1v) is 16.3. The average Bonchev–Trinajstić information content (AvgIpc) is 3.00. The van der Waals surface area contributed by atoms with Gasteiger partial charge in [-0.1, -0.05) is 51.4 Å². The number of carbonyl (C=O) groups excluding carboxylic acids is 4. The summed E-state index contributed by atoms with van der Waals surface area (Å²) in [7, 11) is 0. The summed E-state index contributed by atoms with van der Waals surface area (Å²) in [5.74, 6) is -2.86. The first kappa shape index (κ1) is 41.9. The van der Waals surface area contributed by atoms with Gasteiger partial charge >= 0.3 is 11.9 Å². The maximum absolute atomic E-state index is 12.2. The van der Waals surface area contributed by atoms with Crippen LogP contribution in [0.1, 0.15) is 109 Å². The molecule has 2 atom stereocenters. The normalized spacial score (nSPS) is 12.2. The number of aldehydes is 1. The van der Waals surface area contributed by atoms with E-state index < -0.39 is 24.0 Å². The van der Waals surface area contributed by atoms with Crippen LogP contribution in [0.25, 0.3) is 0 Å². The van der Waals surface area contributed by atoms with Gasteiger partial charge < -0.3 is 46.2 Å². The standard InChI is InChI=1S/C31H56N4O10/c32-25(23-36)13-11-12-18-33-29(39)24-45-22-21-44-20-19-34-27(37)17-16-26(31(42)43)35-28(38)14-9-7-5-3-1-2-4-6-8-10-15-30(40)41/h23,25-26H,1-22,24,32H2,(H,33,39)(H,34,37)(H,35,38)(H,40,41)(H,42,43)/t25-,26-/m0/s1. The average molecular weight is 645 g/mol. The molecule has 0 bridgehead atoms. The molecule has 45 heavy (non-hydrogen) atoms. The highest BCUT2D eigenvalue weighted by molar-refractivity contribution is 5.84. The van der Waals surface area contributed by atoms with Gasteiger partial charge in [0.15, 0.2) is 0 Å². The van der Waals surface area contributed by atoms with Crippen molar-refractivity contribution < 1.29 is 48.5 Å². The fourth-order valence-corrected chi connectivity index (χ4v) is 4.36. The van der Waals surface area contributed by atoms with Crippen LogP contribution >= 0.6 is 0 Å². The first-order valence-electron chi connectivity index (χ1n) is 16.3. The predicted octanol–water partition coefficient (Wildman–Crippen LogP) is 2.06. The Morgan fingerprint density at radius 1 is 0.622 bits per heavy atom. The highest BCUT2D eigenvalue weighted by Gasteiger charge is 2.20. The van der Waals surface area contributed by atoms with E-state index in [-0.39, 0.29) is 76.4 Å². The minimum absolute atomic E-state index is 0.0216. The number of carboxylic acid groups (broad SMARTS) is 2. The van der Waals surface area contributed by atoms with E-state index in [1.165, 1.54) is 0 Å². The fraction of sp³-hybridized carbons (Fsp3) is 0.806. The summed E-state index contributed by atoms with van der Waals surface area (Å²) < 4.78 is 10.6. The number of rotatable bonds is 32. The van der Waals surface area contributed by atoms with Crippen molar-refractivity contribution >= 4 is 35.9 Å². The number of nitrogens with two attached hydrogens (primary N) is 1. The summed E-state index contributed by atoms with van der Waals surface area (Å²) >= 11 is 0. The molecule has 0 aliphatic heterocycles. The van der Waals surface area contributed by atoms with E-state index in [1.807, 2.05) is 0 Å². The second kappa shape index (κ2) is 29.6. The maximum Gasteiger partial charge on any atom is 0.326 e. The van der Waals surface area contributed by atoms with Gasteiger partial charge in [0.2, 0.25) is 17.7 Å². The quantitative estimate of drug-likeness (QED) is 0.0459. The second-order valence-corrected chi connectivity index (χ2v) is 11.1. The molecular weight excluding hydrogens is 588 g/mol. The van der Waals surface area contributed by atoms with Crippen LogP contribution in [0.2, 0.25) is 0 Å². The van der Waals surface area contributed by atoms with Gasteiger partial charge in [-0.15, -0.1) is 0 Å². The Balaban J connectivity index is 3.73. The van der Waals surface area contributed by atoms with Crippen LogP contribution in [-0.2, 0) is 38.2 Å². The van der Waals surface area contributed by atoms with Crippen molar-refractivity contribution in [2.24, 2.45) is 5.73 Å². The molecule has 0 aromatic heterocycles. The predicted molar refractivity (Wildman–Crippen MR) is 167 cm³/mol. The summed E-state index contributed by atoms with van der Waals surface area (Å²) in [6.45, 7) is 1.26. The Hall–Kier alpha value is -3.10. The van der Waals surface area contributed by atoms with E-state index in [2.05, 4.69) is 16.0 Å². The van der Waals surface area contributed by atoms with E-state index in [1.54, 1.807) is 0 Å². The molecule has 14 heteroatoms. The molecule has 0 unspecified atom stereocenters. The molecule has 0 fully saturated rings. The molecule has 0 radical (unpaired) electrons. The molecule has 0 spiro atoms. The number of unbranched alkanes of at least 4 members (excludes halogenated alkanes) is 10. The van der Waals surface area contributed by atoms with E-state index >= 15 is 0 Å². The number of nitrogens with one attached hydrogen (secondary N) is 3. The van der Waals surface area contributed by atoms with Crippen molar-refractivity contribution in [3.05, 3.63) is 0 Å². The monoisotopic (exact) mass is 644 g/mol. The van der Waals surface area contributed by atoms with Crippen LogP contribution in [-0.4, -0.2) is 97.8 Å². The van der Waals surface area contributed by atoms with Gasteiger partial charge in [-0.05, 0) is 38.5 Å². The smallest absolute Gasteiger partial charge is 0.326 e. The van der Waals surface area contributed by atoms with Crippen molar-refractivity contribution in [3.63, 3.8) is 0 Å². The molecule has 0 aliphatic rings. The van der Waals surface area contributed by atoms with Gasteiger partial charge in [0.1, 0.15) is 18.9 Å².